The highest BCUT2D eigenvalue weighted by molar-refractivity contribution is 6.28. The number of carbonyl (C=O) groups is 2. The number of hydrogen-bond acceptors (Lipinski definition) is 4. The van der Waals surface area contributed by atoms with Crippen molar-refractivity contribution in [1.82, 2.24) is 0 Å². The molecular weight excluding hydrogens is 282 g/mol. The van der Waals surface area contributed by atoms with E-state index in [9.17, 15) is 9.59 Å². The van der Waals surface area contributed by atoms with Crippen LogP contribution in [0.25, 0.3) is 0 Å². The van der Waals surface area contributed by atoms with Gasteiger partial charge in [0, 0.05) is 17.6 Å². The number of nitrogens with zero attached hydrogens (tertiary/aromatic N) is 1. The predicted molar refractivity (Wildman–Crippen MR) is 81.7 cm³/mol. The van der Waals surface area contributed by atoms with Gasteiger partial charge in [0.15, 0.2) is 0 Å². The molecule has 0 aliphatic carbocycles. The van der Waals surface area contributed by atoms with E-state index >= 15 is 0 Å². The van der Waals surface area contributed by atoms with E-state index in [-0.39, 0.29) is 17.2 Å². The monoisotopic (exact) mass is 301 g/mol. The lowest BCUT2D eigenvalue weighted by Crippen LogP contribution is -2.43. The summed E-state index contributed by atoms with van der Waals surface area (Å²) in [5, 5.41) is 0. The summed E-state index contributed by atoms with van der Waals surface area (Å²) in [6.45, 7) is 4.45. The average molecular weight is 301 g/mol. The minimum absolute atomic E-state index is 0.278. The van der Waals surface area contributed by atoms with Gasteiger partial charge < -0.3 is 9.47 Å². The summed E-state index contributed by atoms with van der Waals surface area (Å²) in [5.74, 6) is 0.115. The van der Waals surface area contributed by atoms with Gasteiger partial charge in [0.05, 0.1) is 25.5 Å². The Kier molecular flexibility index (Phi) is 3.98. The van der Waals surface area contributed by atoms with Crippen LogP contribution in [0.5, 0.6) is 5.75 Å². The average Bonchev–Trinajstić information content (AvgIpc) is 2.82. The van der Waals surface area contributed by atoms with Crippen molar-refractivity contribution in [3.8, 4) is 5.75 Å². The molecule has 0 saturated carbocycles. The summed E-state index contributed by atoms with van der Waals surface area (Å²) < 4.78 is 11.0. The largest absolute Gasteiger partial charge is 0.494 e. The summed E-state index contributed by atoms with van der Waals surface area (Å²) in [7, 11) is 0. The van der Waals surface area contributed by atoms with Gasteiger partial charge in [-0.1, -0.05) is 6.92 Å². The van der Waals surface area contributed by atoms with Crippen LogP contribution < -0.4 is 9.64 Å². The lowest BCUT2D eigenvalue weighted by molar-refractivity contribution is -0.123. The maximum atomic E-state index is 11.6. The molecule has 2 aliphatic rings. The molecule has 2 heterocycles. The van der Waals surface area contributed by atoms with E-state index in [1.807, 2.05) is 0 Å². The molecule has 1 aromatic rings. The molecule has 1 aromatic carbocycles. The Labute approximate surface area is 129 Å². The van der Waals surface area contributed by atoms with Crippen LogP contribution in [0, 0.1) is 5.41 Å². The normalized spacial score (nSPS) is 19.4. The summed E-state index contributed by atoms with van der Waals surface area (Å²) in [6.07, 6.45) is 4.62. The van der Waals surface area contributed by atoms with Crippen LogP contribution in [0.1, 0.15) is 19.8 Å². The summed E-state index contributed by atoms with van der Waals surface area (Å²) in [4.78, 5) is 24.3. The number of anilines is 1. The second kappa shape index (κ2) is 5.93. The minimum Gasteiger partial charge on any atom is -0.494 e. The molecule has 0 radical (unpaired) electrons. The first-order chi connectivity index (χ1) is 10.6. The van der Waals surface area contributed by atoms with Crippen LogP contribution in [-0.4, -0.2) is 31.6 Å². The minimum atomic E-state index is -0.312. The molecule has 2 amide bonds. The van der Waals surface area contributed by atoms with Crippen molar-refractivity contribution < 1.29 is 19.1 Å². The fraction of sp³-hybridized carbons (Fsp3) is 0.412. The quantitative estimate of drug-likeness (QED) is 0.757. The lowest BCUT2D eigenvalue weighted by atomic mass is 9.80. The Hall–Kier alpha value is -2.14. The highest BCUT2D eigenvalue weighted by Crippen LogP contribution is 2.35. The van der Waals surface area contributed by atoms with E-state index in [4.69, 9.17) is 9.47 Å². The first kappa shape index (κ1) is 14.8. The molecule has 1 saturated heterocycles. The highest BCUT2D eigenvalue weighted by Gasteiger charge is 2.36. The molecular formula is C17H19NO4. The number of benzene rings is 1. The Balaban J connectivity index is 1.56. The molecule has 116 valence electrons. The number of rotatable bonds is 6. The molecule has 2 aliphatic heterocycles. The van der Waals surface area contributed by atoms with Gasteiger partial charge in [-0.2, -0.15) is 0 Å². The maximum absolute atomic E-state index is 11.6. The zero-order valence-electron chi connectivity index (χ0n) is 12.6. The molecule has 0 N–H and O–H groups in total. The van der Waals surface area contributed by atoms with Crippen molar-refractivity contribution in [2.45, 2.75) is 19.8 Å². The van der Waals surface area contributed by atoms with Crippen LogP contribution in [0.15, 0.2) is 36.4 Å². The molecule has 0 unspecified atom stereocenters. The number of hydrogen-bond donors (Lipinski definition) is 0. The Morgan fingerprint density at radius 1 is 1.14 bits per heavy atom. The van der Waals surface area contributed by atoms with Gasteiger partial charge in [-0.25, -0.2) is 4.90 Å². The molecule has 0 atom stereocenters. The Bertz CT molecular complexity index is 578. The van der Waals surface area contributed by atoms with Crippen LogP contribution in [0.4, 0.5) is 5.69 Å². The first-order valence-corrected chi connectivity index (χ1v) is 7.50. The summed E-state index contributed by atoms with van der Waals surface area (Å²) in [5.41, 5.74) is 0.838. The summed E-state index contributed by atoms with van der Waals surface area (Å²) in [6, 6.07) is 7.01. The topological polar surface area (TPSA) is 55.8 Å². The van der Waals surface area contributed by atoms with Crippen molar-refractivity contribution >= 4 is 17.5 Å². The predicted octanol–water partition coefficient (Wildman–Crippen LogP) is 2.31. The standard InChI is InChI=1S/C17H19NO4/c1-2-17(11-21-12-17)9-10-22-14-5-3-13(4-6-14)18-15(19)7-8-16(18)20/h3-8H,2,9-12H2,1H3. The van der Waals surface area contributed by atoms with Crippen LogP contribution >= 0.6 is 0 Å². The second-order valence-electron chi connectivity index (χ2n) is 5.78. The molecule has 0 spiro atoms. The zero-order chi connectivity index (χ0) is 15.6. The Morgan fingerprint density at radius 2 is 1.77 bits per heavy atom. The van der Waals surface area contributed by atoms with Crippen molar-refractivity contribution in [3.63, 3.8) is 0 Å². The molecule has 22 heavy (non-hydrogen) atoms. The van der Waals surface area contributed by atoms with Gasteiger partial charge in [-0.3, -0.25) is 9.59 Å². The third-order valence-corrected chi connectivity index (χ3v) is 4.37. The van der Waals surface area contributed by atoms with Gasteiger partial charge in [-0.05, 0) is 37.1 Å². The second-order valence-corrected chi connectivity index (χ2v) is 5.78. The number of ether oxygens (including phenoxy) is 2. The van der Waals surface area contributed by atoms with E-state index in [0.29, 0.717) is 12.3 Å². The van der Waals surface area contributed by atoms with Crippen molar-refractivity contribution in [1.29, 1.82) is 0 Å². The molecule has 1 fully saturated rings. The van der Waals surface area contributed by atoms with E-state index in [1.54, 1.807) is 24.3 Å². The third kappa shape index (κ3) is 2.76. The number of carbonyl (C=O) groups excluding carboxylic acids is 2. The smallest absolute Gasteiger partial charge is 0.258 e. The van der Waals surface area contributed by atoms with Crippen LogP contribution in [0.2, 0.25) is 0 Å². The van der Waals surface area contributed by atoms with Crippen molar-refractivity contribution in [2.24, 2.45) is 5.41 Å². The van der Waals surface area contributed by atoms with E-state index in [2.05, 4.69) is 6.92 Å². The molecule has 0 bridgehead atoms. The zero-order valence-corrected chi connectivity index (χ0v) is 12.6. The van der Waals surface area contributed by atoms with Gasteiger partial charge in [-0.15, -0.1) is 0 Å². The maximum Gasteiger partial charge on any atom is 0.258 e. The lowest BCUT2D eigenvalue weighted by Gasteiger charge is -2.40. The molecule has 5 nitrogen and oxygen atoms in total. The molecule has 5 heteroatoms. The molecule has 3 rings (SSSR count). The number of amides is 2. The Morgan fingerprint density at radius 3 is 2.27 bits per heavy atom. The van der Waals surface area contributed by atoms with Crippen LogP contribution in [-0.2, 0) is 14.3 Å². The van der Waals surface area contributed by atoms with Gasteiger partial charge in [0.1, 0.15) is 5.75 Å². The molecule has 0 aromatic heterocycles. The first-order valence-electron chi connectivity index (χ1n) is 7.50. The van der Waals surface area contributed by atoms with E-state index in [0.717, 1.165) is 36.7 Å². The van der Waals surface area contributed by atoms with Crippen LogP contribution in [0.3, 0.4) is 0 Å². The fourth-order valence-corrected chi connectivity index (χ4v) is 2.65. The van der Waals surface area contributed by atoms with Gasteiger partial charge in [0.25, 0.3) is 11.8 Å². The van der Waals surface area contributed by atoms with E-state index in [1.165, 1.54) is 12.2 Å². The highest BCUT2D eigenvalue weighted by atomic mass is 16.5. The third-order valence-electron chi connectivity index (χ3n) is 4.37. The van der Waals surface area contributed by atoms with E-state index < -0.39 is 0 Å². The van der Waals surface area contributed by atoms with Crippen molar-refractivity contribution in [2.75, 3.05) is 24.7 Å². The SMILES string of the molecule is CCC1(CCOc2ccc(N3C(=O)C=CC3=O)cc2)COC1. The fourth-order valence-electron chi connectivity index (χ4n) is 2.65. The summed E-state index contributed by atoms with van der Waals surface area (Å²) >= 11 is 0. The number of imide groups is 1. The van der Waals surface area contributed by atoms with Gasteiger partial charge in [0.2, 0.25) is 0 Å². The van der Waals surface area contributed by atoms with Gasteiger partial charge >= 0.3 is 0 Å². The van der Waals surface area contributed by atoms with Crippen molar-refractivity contribution in [3.05, 3.63) is 36.4 Å².